The number of pyridine rings is 1. The van der Waals surface area contributed by atoms with Gasteiger partial charge in [0, 0.05) is 11.2 Å². The third-order valence-electron chi connectivity index (χ3n) is 1.15. The number of halogens is 1. The van der Waals surface area contributed by atoms with Gasteiger partial charge < -0.3 is 0 Å². The number of aromatic nitrogens is 1. The van der Waals surface area contributed by atoms with Crippen molar-refractivity contribution < 1.29 is 12.6 Å². The minimum Gasteiger partial charge on any atom is -0.259 e. The molecular formula is C6H7ClN2O3S. The topological polar surface area (TPSA) is 82.3 Å². The maximum Gasteiger partial charge on any atom is 0.333 e. The first-order valence-electron chi connectivity index (χ1n) is 3.25. The summed E-state index contributed by atoms with van der Waals surface area (Å²) in [6.07, 6.45) is 1.45. The van der Waals surface area contributed by atoms with Crippen LogP contribution in [-0.2, 0) is 21.1 Å². The quantitative estimate of drug-likeness (QED) is 0.805. The van der Waals surface area contributed by atoms with Crippen LogP contribution in [-0.4, -0.2) is 13.4 Å². The summed E-state index contributed by atoms with van der Waals surface area (Å²) < 4.78 is 25.1. The molecule has 13 heavy (non-hydrogen) atoms. The van der Waals surface area contributed by atoms with Gasteiger partial charge in [0.15, 0.2) is 0 Å². The molecule has 0 amide bonds. The zero-order valence-corrected chi connectivity index (χ0v) is 8.05. The molecule has 0 aliphatic heterocycles. The Labute approximate surface area is 80.7 Å². The molecule has 0 bridgehead atoms. The standard InChI is InChI=1S/C6H7ClN2O3S/c7-5-1-2-9-6(3-5)4-12-13(8,10)11/h1-3H,4H2,(H2,8,10,11). The van der Waals surface area contributed by atoms with Crippen LogP contribution in [0.25, 0.3) is 0 Å². The van der Waals surface area contributed by atoms with Crippen LogP contribution in [0, 0.1) is 0 Å². The van der Waals surface area contributed by atoms with E-state index in [0.717, 1.165) is 0 Å². The van der Waals surface area contributed by atoms with Gasteiger partial charge in [-0.15, -0.1) is 0 Å². The van der Waals surface area contributed by atoms with Gasteiger partial charge in [0.25, 0.3) is 0 Å². The van der Waals surface area contributed by atoms with Crippen LogP contribution in [0.2, 0.25) is 5.02 Å². The Bertz CT molecular complexity index is 393. The van der Waals surface area contributed by atoms with Crippen molar-refractivity contribution in [3.05, 3.63) is 29.0 Å². The molecule has 0 radical (unpaired) electrons. The van der Waals surface area contributed by atoms with Gasteiger partial charge in [0.05, 0.1) is 5.69 Å². The zero-order valence-electron chi connectivity index (χ0n) is 6.47. The molecule has 0 fully saturated rings. The lowest BCUT2D eigenvalue weighted by atomic mass is 10.4. The fourth-order valence-corrected chi connectivity index (χ4v) is 1.14. The molecular weight excluding hydrogens is 216 g/mol. The zero-order chi connectivity index (χ0) is 9.90. The molecule has 1 aromatic rings. The fraction of sp³-hybridized carbons (Fsp3) is 0.167. The summed E-state index contributed by atoms with van der Waals surface area (Å²) >= 11 is 5.62. The minimum absolute atomic E-state index is 0.209. The summed E-state index contributed by atoms with van der Waals surface area (Å²) in [4.78, 5) is 3.81. The Balaban J connectivity index is 2.65. The molecule has 0 spiro atoms. The van der Waals surface area contributed by atoms with E-state index in [4.69, 9.17) is 11.6 Å². The highest BCUT2D eigenvalue weighted by atomic mass is 35.5. The summed E-state index contributed by atoms with van der Waals surface area (Å²) in [5.41, 5.74) is 0.404. The van der Waals surface area contributed by atoms with Crippen molar-refractivity contribution in [2.75, 3.05) is 0 Å². The van der Waals surface area contributed by atoms with E-state index in [2.05, 4.69) is 14.3 Å². The Morgan fingerprint density at radius 1 is 1.62 bits per heavy atom. The lowest BCUT2D eigenvalue weighted by Gasteiger charge is -1.99. The Hall–Kier alpha value is -0.690. The van der Waals surface area contributed by atoms with E-state index in [-0.39, 0.29) is 6.61 Å². The van der Waals surface area contributed by atoms with Crippen molar-refractivity contribution in [2.45, 2.75) is 6.61 Å². The summed E-state index contributed by atoms with van der Waals surface area (Å²) in [5, 5.41) is 5.07. The highest BCUT2D eigenvalue weighted by Crippen LogP contribution is 2.08. The third kappa shape index (κ3) is 4.18. The number of rotatable bonds is 3. The van der Waals surface area contributed by atoms with Crippen molar-refractivity contribution in [1.82, 2.24) is 4.98 Å². The molecule has 7 heteroatoms. The van der Waals surface area contributed by atoms with Crippen LogP contribution in [0.15, 0.2) is 18.3 Å². The minimum atomic E-state index is -3.92. The number of nitrogens with zero attached hydrogens (tertiary/aromatic N) is 1. The lowest BCUT2D eigenvalue weighted by molar-refractivity contribution is 0.304. The summed E-state index contributed by atoms with van der Waals surface area (Å²) in [5.74, 6) is 0. The van der Waals surface area contributed by atoms with E-state index in [9.17, 15) is 8.42 Å². The molecule has 5 nitrogen and oxygen atoms in total. The largest absolute Gasteiger partial charge is 0.333 e. The van der Waals surface area contributed by atoms with Crippen molar-refractivity contribution in [2.24, 2.45) is 5.14 Å². The molecule has 0 saturated heterocycles. The van der Waals surface area contributed by atoms with Crippen molar-refractivity contribution in [1.29, 1.82) is 0 Å². The second-order valence-electron chi connectivity index (χ2n) is 2.22. The molecule has 0 aliphatic carbocycles. The molecule has 0 unspecified atom stereocenters. The van der Waals surface area contributed by atoms with Gasteiger partial charge in [0.2, 0.25) is 0 Å². The van der Waals surface area contributed by atoms with E-state index in [1.165, 1.54) is 12.3 Å². The maximum atomic E-state index is 10.4. The van der Waals surface area contributed by atoms with Crippen molar-refractivity contribution >= 4 is 21.9 Å². The average Bonchev–Trinajstić information content (AvgIpc) is 2.00. The van der Waals surface area contributed by atoms with Gasteiger partial charge in [-0.25, -0.2) is 5.14 Å². The van der Waals surface area contributed by atoms with E-state index < -0.39 is 10.3 Å². The molecule has 72 valence electrons. The summed E-state index contributed by atoms with van der Waals surface area (Å²) in [7, 11) is -3.92. The first-order chi connectivity index (χ1) is 5.97. The number of nitrogens with two attached hydrogens (primary N) is 1. The Morgan fingerprint density at radius 2 is 2.31 bits per heavy atom. The molecule has 2 N–H and O–H groups in total. The van der Waals surface area contributed by atoms with Crippen LogP contribution in [0.5, 0.6) is 0 Å². The number of hydrogen-bond acceptors (Lipinski definition) is 4. The molecule has 1 aromatic heterocycles. The Morgan fingerprint density at radius 3 is 2.85 bits per heavy atom. The SMILES string of the molecule is NS(=O)(=O)OCc1cc(Cl)ccn1. The molecule has 0 saturated carbocycles. The molecule has 0 aliphatic rings. The molecule has 1 heterocycles. The fourth-order valence-electron chi connectivity index (χ4n) is 0.670. The molecule has 0 atom stereocenters. The van der Waals surface area contributed by atoms with Gasteiger partial charge in [-0.3, -0.25) is 9.17 Å². The number of hydrogen-bond donors (Lipinski definition) is 1. The third-order valence-corrected chi connectivity index (χ3v) is 1.83. The monoisotopic (exact) mass is 222 g/mol. The predicted molar refractivity (Wildman–Crippen MR) is 47.1 cm³/mol. The highest BCUT2D eigenvalue weighted by molar-refractivity contribution is 7.84. The molecule has 1 rings (SSSR count). The molecule has 0 aromatic carbocycles. The lowest BCUT2D eigenvalue weighted by Crippen LogP contribution is -2.15. The highest BCUT2D eigenvalue weighted by Gasteiger charge is 2.03. The smallest absolute Gasteiger partial charge is 0.259 e. The Kier molecular flexibility index (Phi) is 3.21. The van der Waals surface area contributed by atoms with E-state index in [1.54, 1.807) is 6.07 Å². The van der Waals surface area contributed by atoms with E-state index >= 15 is 0 Å². The van der Waals surface area contributed by atoms with Crippen LogP contribution in [0.1, 0.15) is 5.69 Å². The van der Waals surface area contributed by atoms with Gasteiger partial charge in [-0.1, -0.05) is 11.6 Å². The van der Waals surface area contributed by atoms with Crippen LogP contribution < -0.4 is 5.14 Å². The van der Waals surface area contributed by atoms with Gasteiger partial charge in [-0.2, -0.15) is 8.42 Å². The van der Waals surface area contributed by atoms with E-state index in [0.29, 0.717) is 10.7 Å². The van der Waals surface area contributed by atoms with Crippen molar-refractivity contribution in [3.63, 3.8) is 0 Å². The van der Waals surface area contributed by atoms with Gasteiger partial charge >= 0.3 is 10.3 Å². The average molecular weight is 223 g/mol. The second kappa shape index (κ2) is 4.01. The maximum absolute atomic E-state index is 10.4. The summed E-state index contributed by atoms with van der Waals surface area (Å²) in [6, 6.07) is 3.06. The first-order valence-corrected chi connectivity index (χ1v) is 5.10. The van der Waals surface area contributed by atoms with Crippen molar-refractivity contribution in [3.8, 4) is 0 Å². The van der Waals surface area contributed by atoms with E-state index in [1.807, 2.05) is 0 Å². The van der Waals surface area contributed by atoms with Crippen LogP contribution >= 0.6 is 11.6 Å². The first kappa shape index (κ1) is 10.4. The predicted octanol–water partition coefficient (Wildman–Crippen LogP) is 0.455. The van der Waals surface area contributed by atoms with Gasteiger partial charge in [0.1, 0.15) is 6.61 Å². The van der Waals surface area contributed by atoms with Crippen LogP contribution in [0.3, 0.4) is 0 Å². The normalized spacial score (nSPS) is 11.5. The second-order valence-corrected chi connectivity index (χ2v) is 3.88. The van der Waals surface area contributed by atoms with Crippen LogP contribution in [0.4, 0.5) is 0 Å². The van der Waals surface area contributed by atoms with Gasteiger partial charge in [-0.05, 0) is 12.1 Å². The summed E-state index contributed by atoms with van der Waals surface area (Å²) in [6.45, 7) is -0.209.